The number of benzene rings is 3. The van der Waals surface area contributed by atoms with Gasteiger partial charge < -0.3 is 9.73 Å². The van der Waals surface area contributed by atoms with Crippen LogP contribution >= 0.6 is 11.3 Å². The van der Waals surface area contributed by atoms with E-state index >= 15 is 0 Å². The fourth-order valence-electron chi connectivity index (χ4n) is 3.21. The number of fused-ring (bicyclic) bond motifs is 3. The lowest BCUT2D eigenvalue weighted by Gasteiger charge is -2.04. The number of rotatable bonds is 3. The van der Waals surface area contributed by atoms with Crippen molar-refractivity contribution in [2.75, 3.05) is 10.6 Å². The number of aromatic nitrogens is 1. The molecule has 0 aliphatic heterocycles. The molecular weight excluding hydrogens is 398 g/mol. The Morgan fingerprint density at radius 3 is 2.40 bits per heavy atom. The molecule has 5 rings (SSSR count). The van der Waals surface area contributed by atoms with Crippen molar-refractivity contribution in [3.05, 3.63) is 89.1 Å². The molecule has 0 aliphatic carbocycles. The largest absolute Gasteiger partial charge is 0.456 e. The maximum Gasteiger partial charge on any atom is 0.325 e. The highest BCUT2D eigenvalue weighted by Crippen LogP contribution is 2.32. The molecular formula is C23H15N3O3S. The quantitative estimate of drug-likeness (QED) is 0.397. The summed E-state index contributed by atoms with van der Waals surface area (Å²) in [5.74, 6) is 0.512. The predicted octanol–water partition coefficient (Wildman–Crippen LogP) is 5.71. The number of hydrogen-bond donors (Lipinski definition) is 2. The first-order valence-electron chi connectivity index (χ1n) is 9.23. The van der Waals surface area contributed by atoms with Gasteiger partial charge in [-0.05, 0) is 24.3 Å². The summed E-state index contributed by atoms with van der Waals surface area (Å²) in [6, 6.07) is 23.2. The number of hydrogen-bond acceptors (Lipinski definition) is 5. The Morgan fingerprint density at radius 2 is 1.63 bits per heavy atom. The Kier molecular flexibility index (Phi) is 4.49. The molecule has 5 aromatic rings. The van der Waals surface area contributed by atoms with Crippen LogP contribution in [0.4, 0.5) is 15.6 Å². The highest BCUT2D eigenvalue weighted by atomic mass is 32.1. The van der Waals surface area contributed by atoms with Crippen molar-refractivity contribution in [3.8, 4) is 11.3 Å². The van der Waals surface area contributed by atoms with Gasteiger partial charge in [-0.1, -0.05) is 59.9 Å². The summed E-state index contributed by atoms with van der Waals surface area (Å²) in [6.45, 7) is 0. The Hall–Kier alpha value is -3.97. The summed E-state index contributed by atoms with van der Waals surface area (Å²) in [5.41, 5.74) is 2.47. The average Bonchev–Trinajstić information content (AvgIpc) is 3.17. The molecule has 0 saturated heterocycles. The number of para-hydroxylation sites is 1. The lowest BCUT2D eigenvalue weighted by Crippen LogP contribution is -2.19. The molecule has 2 aromatic heterocycles. The second kappa shape index (κ2) is 7.46. The summed E-state index contributed by atoms with van der Waals surface area (Å²) in [7, 11) is 0. The maximum absolute atomic E-state index is 12.9. The minimum absolute atomic E-state index is 0.148. The van der Waals surface area contributed by atoms with Crippen LogP contribution in [0.25, 0.3) is 32.5 Å². The fourth-order valence-corrected chi connectivity index (χ4v) is 4.21. The molecule has 2 heterocycles. The van der Waals surface area contributed by atoms with Crippen LogP contribution in [0.1, 0.15) is 0 Å². The zero-order chi connectivity index (χ0) is 20.5. The van der Waals surface area contributed by atoms with Crippen molar-refractivity contribution in [1.82, 2.24) is 4.98 Å². The first-order chi connectivity index (χ1) is 14.7. The molecule has 0 aliphatic rings. The van der Waals surface area contributed by atoms with E-state index in [9.17, 15) is 9.59 Å². The van der Waals surface area contributed by atoms with Crippen LogP contribution in [-0.2, 0) is 0 Å². The van der Waals surface area contributed by atoms with E-state index in [1.54, 1.807) is 24.3 Å². The van der Waals surface area contributed by atoms with Gasteiger partial charge >= 0.3 is 6.03 Å². The van der Waals surface area contributed by atoms with Crippen molar-refractivity contribution >= 4 is 49.4 Å². The van der Waals surface area contributed by atoms with Crippen molar-refractivity contribution in [1.29, 1.82) is 0 Å². The number of urea groups is 1. The monoisotopic (exact) mass is 413 g/mol. The first kappa shape index (κ1) is 18.1. The van der Waals surface area contributed by atoms with Crippen LogP contribution in [0, 0.1) is 0 Å². The van der Waals surface area contributed by atoms with E-state index in [0.717, 1.165) is 5.56 Å². The lowest BCUT2D eigenvalue weighted by molar-refractivity contribution is 0.262. The molecule has 6 nitrogen and oxygen atoms in total. The predicted molar refractivity (Wildman–Crippen MR) is 120 cm³/mol. The lowest BCUT2D eigenvalue weighted by atomic mass is 10.1. The number of nitrogens with zero attached hydrogens (tertiary/aromatic N) is 1. The SMILES string of the molecule is O=C(Nc1ccccc1)Nc1nc2ccc3oc(-c4ccccc4)cc(=O)c3c2s1. The van der Waals surface area contributed by atoms with E-state index in [2.05, 4.69) is 15.6 Å². The minimum atomic E-state index is -0.400. The molecule has 0 atom stereocenters. The number of amides is 2. The van der Waals surface area contributed by atoms with E-state index < -0.39 is 6.03 Å². The van der Waals surface area contributed by atoms with Crippen molar-refractivity contribution in [3.63, 3.8) is 0 Å². The number of thiazole rings is 1. The van der Waals surface area contributed by atoms with Crippen molar-refractivity contribution in [2.24, 2.45) is 0 Å². The normalized spacial score (nSPS) is 10.9. The van der Waals surface area contributed by atoms with Gasteiger partial charge in [0.2, 0.25) is 0 Å². The Balaban J connectivity index is 1.50. The van der Waals surface area contributed by atoms with Crippen LogP contribution in [0.5, 0.6) is 0 Å². The van der Waals surface area contributed by atoms with Gasteiger partial charge in [-0.25, -0.2) is 9.78 Å². The topological polar surface area (TPSA) is 84.2 Å². The summed E-state index contributed by atoms with van der Waals surface area (Å²) in [4.78, 5) is 29.6. The molecule has 0 bridgehead atoms. The highest BCUT2D eigenvalue weighted by molar-refractivity contribution is 7.23. The summed E-state index contributed by atoms with van der Waals surface area (Å²) < 4.78 is 6.66. The van der Waals surface area contributed by atoms with Gasteiger partial charge in [-0.2, -0.15) is 0 Å². The summed E-state index contributed by atoms with van der Waals surface area (Å²) >= 11 is 1.24. The van der Waals surface area contributed by atoms with Crippen LogP contribution in [0.15, 0.2) is 88.1 Å². The first-order valence-corrected chi connectivity index (χ1v) is 10.0. The molecule has 2 amide bonds. The molecule has 3 aromatic carbocycles. The van der Waals surface area contributed by atoms with Crippen LogP contribution in [0.3, 0.4) is 0 Å². The number of nitrogens with one attached hydrogen (secondary N) is 2. The second-order valence-electron chi connectivity index (χ2n) is 6.59. The fraction of sp³-hybridized carbons (Fsp3) is 0. The molecule has 0 radical (unpaired) electrons. The van der Waals surface area contributed by atoms with E-state index in [4.69, 9.17) is 4.42 Å². The molecule has 146 valence electrons. The Bertz CT molecular complexity index is 1430. The van der Waals surface area contributed by atoms with Gasteiger partial charge in [0.15, 0.2) is 10.6 Å². The van der Waals surface area contributed by atoms with E-state index in [-0.39, 0.29) is 5.43 Å². The third-order valence-electron chi connectivity index (χ3n) is 4.56. The van der Waals surface area contributed by atoms with Crippen LogP contribution in [0.2, 0.25) is 0 Å². The van der Waals surface area contributed by atoms with E-state index in [1.165, 1.54) is 17.4 Å². The molecule has 0 unspecified atom stereocenters. The molecule has 2 N–H and O–H groups in total. The molecule has 7 heteroatoms. The zero-order valence-electron chi connectivity index (χ0n) is 15.6. The molecule has 0 spiro atoms. The molecule has 0 fully saturated rings. The standard InChI is InChI=1S/C23H15N3O3S/c27-17-13-19(14-7-3-1-4-8-14)29-18-12-11-16-21(20(17)18)30-23(25-16)26-22(28)24-15-9-5-2-6-10-15/h1-13H,(H2,24,25,26,28). The average molecular weight is 413 g/mol. The summed E-state index contributed by atoms with van der Waals surface area (Å²) in [5, 5.41) is 6.33. The van der Waals surface area contributed by atoms with Crippen LogP contribution < -0.4 is 16.1 Å². The third-order valence-corrected chi connectivity index (χ3v) is 5.56. The Morgan fingerprint density at radius 1 is 0.900 bits per heavy atom. The molecule has 30 heavy (non-hydrogen) atoms. The number of carbonyl (C=O) groups excluding carboxylic acids is 1. The maximum atomic E-state index is 12.9. The van der Waals surface area contributed by atoms with Gasteiger partial charge in [-0.15, -0.1) is 0 Å². The van der Waals surface area contributed by atoms with Gasteiger partial charge in [0.25, 0.3) is 0 Å². The Labute approximate surface area is 174 Å². The summed E-state index contributed by atoms with van der Waals surface area (Å²) in [6.07, 6.45) is 0. The second-order valence-corrected chi connectivity index (χ2v) is 7.59. The number of anilines is 2. The highest BCUT2D eigenvalue weighted by Gasteiger charge is 2.15. The van der Waals surface area contributed by atoms with Crippen molar-refractivity contribution in [2.45, 2.75) is 0 Å². The van der Waals surface area contributed by atoms with E-state index in [0.29, 0.717) is 37.8 Å². The van der Waals surface area contributed by atoms with Crippen LogP contribution in [-0.4, -0.2) is 11.0 Å². The van der Waals surface area contributed by atoms with Gasteiger partial charge in [0.1, 0.15) is 11.3 Å². The van der Waals surface area contributed by atoms with Crippen molar-refractivity contribution < 1.29 is 9.21 Å². The van der Waals surface area contributed by atoms with Gasteiger partial charge in [-0.3, -0.25) is 10.1 Å². The number of carbonyl (C=O) groups is 1. The van der Waals surface area contributed by atoms with Gasteiger partial charge in [0, 0.05) is 17.3 Å². The van der Waals surface area contributed by atoms with E-state index in [1.807, 2.05) is 48.5 Å². The third kappa shape index (κ3) is 3.42. The minimum Gasteiger partial charge on any atom is -0.456 e. The van der Waals surface area contributed by atoms with Gasteiger partial charge in [0.05, 0.1) is 15.6 Å². The smallest absolute Gasteiger partial charge is 0.325 e. The zero-order valence-corrected chi connectivity index (χ0v) is 16.4. The molecule has 0 saturated carbocycles.